The topological polar surface area (TPSA) is 51.2 Å². The molecule has 0 spiro atoms. The Morgan fingerprint density at radius 3 is 3.00 bits per heavy atom. The summed E-state index contributed by atoms with van der Waals surface area (Å²) in [7, 11) is 1.33. The summed E-state index contributed by atoms with van der Waals surface area (Å²) in [5.74, 6) is -0.668. The maximum Gasteiger partial charge on any atom is 0.350 e. The molecule has 0 aliphatic carbocycles. The Morgan fingerprint density at radius 1 is 1.53 bits per heavy atom. The molecule has 4 nitrogen and oxygen atoms in total. The van der Waals surface area contributed by atoms with Crippen molar-refractivity contribution in [2.75, 3.05) is 12.4 Å². The van der Waals surface area contributed by atoms with Gasteiger partial charge in [-0.3, -0.25) is 0 Å². The highest BCUT2D eigenvalue weighted by atomic mass is 32.1. The van der Waals surface area contributed by atoms with Crippen molar-refractivity contribution in [2.45, 2.75) is 13.5 Å². The van der Waals surface area contributed by atoms with Gasteiger partial charge in [0, 0.05) is 6.54 Å². The molecule has 19 heavy (non-hydrogen) atoms. The lowest BCUT2D eigenvalue weighted by molar-refractivity contribution is 0.0605. The Kier molecular flexibility index (Phi) is 4.11. The number of esters is 1. The van der Waals surface area contributed by atoms with Crippen LogP contribution in [0.3, 0.4) is 0 Å². The Labute approximate surface area is 114 Å². The van der Waals surface area contributed by atoms with Crippen molar-refractivity contribution in [3.8, 4) is 0 Å². The second-order valence-corrected chi connectivity index (χ2v) is 4.91. The van der Waals surface area contributed by atoms with Gasteiger partial charge < -0.3 is 10.1 Å². The van der Waals surface area contributed by atoms with Crippen LogP contribution in [-0.4, -0.2) is 18.1 Å². The summed E-state index contributed by atoms with van der Waals surface area (Å²) in [6, 6.07) is 6.32. The minimum atomic E-state index is -0.395. The number of hydrogen-bond acceptors (Lipinski definition) is 5. The van der Waals surface area contributed by atoms with Crippen LogP contribution in [0.4, 0.5) is 9.52 Å². The van der Waals surface area contributed by atoms with E-state index in [0.29, 0.717) is 22.2 Å². The number of ether oxygens (including phenoxy) is 1. The first kappa shape index (κ1) is 13.5. The van der Waals surface area contributed by atoms with Crippen LogP contribution in [0.15, 0.2) is 24.3 Å². The summed E-state index contributed by atoms with van der Waals surface area (Å²) in [4.78, 5) is 16.1. The Hall–Kier alpha value is -1.95. The van der Waals surface area contributed by atoms with Crippen molar-refractivity contribution in [1.82, 2.24) is 4.98 Å². The minimum Gasteiger partial charge on any atom is -0.465 e. The lowest BCUT2D eigenvalue weighted by Gasteiger charge is -2.02. The first-order valence-corrected chi connectivity index (χ1v) is 6.46. The van der Waals surface area contributed by atoms with Gasteiger partial charge >= 0.3 is 5.97 Å². The number of aryl methyl sites for hydroxylation is 1. The van der Waals surface area contributed by atoms with E-state index in [0.717, 1.165) is 5.56 Å². The van der Waals surface area contributed by atoms with E-state index in [4.69, 9.17) is 0 Å². The number of methoxy groups -OCH3 is 1. The molecule has 0 saturated heterocycles. The van der Waals surface area contributed by atoms with E-state index >= 15 is 0 Å². The lowest BCUT2D eigenvalue weighted by atomic mass is 10.2. The quantitative estimate of drug-likeness (QED) is 0.875. The zero-order chi connectivity index (χ0) is 13.8. The normalized spacial score (nSPS) is 10.3. The lowest BCUT2D eigenvalue weighted by Crippen LogP contribution is -1.99. The summed E-state index contributed by atoms with van der Waals surface area (Å²) in [6.45, 7) is 2.20. The highest BCUT2D eigenvalue weighted by Crippen LogP contribution is 2.23. The number of halogens is 1. The number of thiazole rings is 1. The van der Waals surface area contributed by atoms with E-state index in [9.17, 15) is 9.18 Å². The van der Waals surface area contributed by atoms with Gasteiger partial charge in [0.25, 0.3) is 0 Å². The smallest absolute Gasteiger partial charge is 0.350 e. The summed E-state index contributed by atoms with van der Waals surface area (Å²) in [5.41, 5.74) is 1.44. The van der Waals surface area contributed by atoms with E-state index in [1.807, 2.05) is 6.07 Å². The molecule has 2 aromatic rings. The molecule has 0 aliphatic heterocycles. The van der Waals surface area contributed by atoms with Crippen LogP contribution < -0.4 is 5.32 Å². The van der Waals surface area contributed by atoms with Crippen LogP contribution in [-0.2, 0) is 11.3 Å². The van der Waals surface area contributed by atoms with Crippen molar-refractivity contribution >= 4 is 22.4 Å². The molecule has 6 heteroatoms. The van der Waals surface area contributed by atoms with Gasteiger partial charge in [-0.2, -0.15) is 0 Å². The molecule has 0 radical (unpaired) electrons. The monoisotopic (exact) mass is 280 g/mol. The summed E-state index contributed by atoms with van der Waals surface area (Å²) >= 11 is 1.23. The van der Waals surface area contributed by atoms with Crippen LogP contribution in [0.2, 0.25) is 0 Å². The maximum absolute atomic E-state index is 13.0. The van der Waals surface area contributed by atoms with Crippen LogP contribution in [0.1, 0.15) is 20.9 Å². The van der Waals surface area contributed by atoms with E-state index in [1.54, 1.807) is 13.0 Å². The second kappa shape index (κ2) is 5.79. The minimum absolute atomic E-state index is 0.273. The average molecular weight is 280 g/mol. The van der Waals surface area contributed by atoms with Crippen molar-refractivity contribution in [1.29, 1.82) is 0 Å². The number of rotatable bonds is 4. The largest absolute Gasteiger partial charge is 0.465 e. The zero-order valence-electron chi connectivity index (χ0n) is 10.6. The predicted octanol–water partition coefficient (Wildman–Crippen LogP) is 2.99. The summed E-state index contributed by atoms with van der Waals surface area (Å²) in [6.07, 6.45) is 0. The van der Waals surface area contributed by atoms with Gasteiger partial charge in [-0.05, 0) is 24.6 Å². The number of anilines is 1. The fourth-order valence-corrected chi connectivity index (χ4v) is 2.46. The SMILES string of the molecule is COC(=O)c1sc(NCc2cccc(F)c2)nc1C. The molecule has 0 saturated carbocycles. The third kappa shape index (κ3) is 3.29. The number of hydrogen-bond donors (Lipinski definition) is 1. The van der Waals surface area contributed by atoms with E-state index in [-0.39, 0.29) is 5.82 Å². The van der Waals surface area contributed by atoms with E-state index in [1.165, 1.54) is 30.6 Å². The third-order valence-electron chi connectivity index (χ3n) is 2.50. The molecule has 1 aromatic heterocycles. The van der Waals surface area contributed by atoms with Gasteiger partial charge in [-0.15, -0.1) is 0 Å². The number of carbonyl (C=O) groups is 1. The molecule has 0 amide bonds. The highest BCUT2D eigenvalue weighted by molar-refractivity contribution is 7.17. The third-order valence-corrected chi connectivity index (χ3v) is 3.60. The van der Waals surface area contributed by atoms with Gasteiger partial charge in [0.05, 0.1) is 12.8 Å². The fraction of sp³-hybridized carbons (Fsp3) is 0.231. The second-order valence-electron chi connectivity index (χ2n) is 3.91. The van der Waals surface area contributed by atoms with Crippen molar-refractivity contribution in [3.05, 3.63) is 46.2 Å². The number of aromatic nitrogens is 1. The van der Waals surface area contributed by atoms with Gasteiger partial charge in [-0.1, -0.05) is 23.5 Å². The molecule has 1 N–H and O–H groups in total. The summed E-state index contributed by atoms with van der Waals surface area (Å²) in [5, 5.41) is 3.67. The molecule has 0 aliphatic rings. The Balaban J connectivity index is 2.06. The van der Waals surface area contributed by atoms with Crippen LogP contribution in [0, 0.1) is 12.7 Å². The van der Waals surface area contributed by atoms with Crippen LogP contribution in [0.5, 0.6) is 0 Å². The number of nitrogens with zero attached hydrogens (tertiary/aromatic N) is 1. The highest BCUT2D eigenvalue weighted by Gasteiger charge is 2.15. The van der Waals surface area contributed by atoms with Crippen molar-refractivity contribution in [2.24, 2.45) is 0 Å². The number of carbonyl (C=O) groups excluding carboxylic acids is 1. The molecule has 0 atom stereocenters. The van der Waals surface area contributed by atoms with Gasteiger partial charge in [0.2, 0.25) is 0 Å². The summed E-state index contributed by atoms with van der Waals surface area (Å²) < 4.78 is 17.7. The number of nitrogens with one attached hydrogen (secondary N) is 1. The first-order valence-electron chi connectivity index (χ1n) is 5.64. The molecule has 100 valence electrons. The molecular formula is C13H13FN2O2S. The average Bonchev–Trinajstić information content (AvgIpc) is 2.77. The molecule has 0 fully saturated rings. The Bertz CT molecular complexity index is 598. The Morgan fingerprint density at radius 2 is 2.32 bits per heavy atom. The molecule has 0 unspecified atom stereocenters. The van der Waals surface area contributed by atoms with Crippen LogP contribution >= 0.6 is 11.3 Å². The van der Waals surface area contributed by atoms with E-state index in [2.05, 4.69) is 15.0 Å². The molecule has 2 rings (SSSR count). The van der Waals surface area contributed by atoms with E-state index < -0.39 is 5.97 Å². The fourth-order valence-electron chi connectivity index (χ4n) is 1.58. The molecule has 0 bridgehead atoms. The van der Waals surface area contributed by atoms with Crippen molar-refractivity contribution in [3.63, 3.8) is 0 Å². The molecular weight excluding hydrogens is 267 g/mol. The standard InChI is InChI=1S/C13H13FN2O2S/c1-8-11(12(17)18-2)19-13(16-8)15-7-9-4-3-5-10(14)6-9/h3-6H,7H2,1-2H3,(H,15,16). The van der Waals surface area contributed by atoms with Gasteiger partial charge in [0.1, 0.15) is 10.7 Å². The first-order chi connectivity index (χ1) is 9.10. The molecule has 1 heterocycles. The van der Waals surface area contributed by atoms with Crippen LogP contribution in [0.25, 0.3) is 0 Å². The zero-order valence-corrected chi connectivity index (χ0v) is 11.4. The van der Waals surface area contributed by atoms with Crippen molar-refractivity contribution < 1.29 is 13.9 Å². The molecule has 1 aromatic carbocycles. The maximum atomic E-state index is 13.0. The van der Waals surface area contributed by atoms with Gasteiger partial charge in [-0.25, -0.2) is 14.2 Å². The predicted molar refractivity (Wildman–Crippen MR) is 71.9 cm³/mol. The number of benzene rings is 1. The van der Waals surface area contributed by atoms with Gasteiger partial charge in [0.15, 0.2) is 5.13 Å².